The van der Waals surface area contributed by atoms with Crippen LogP contribution in [-0.4, -0.2) is 43.4 Å². The van der Waals surface area contributed by atoms with Gasteiger partial charge in [-0.15, -0.1) is 0 Å². The average molecular weight is 232 g/mol. The van der Waals surface area contributed by atoms with Crippen molar-refractivity contribution < 1.29 is 19.4 Å². The minimum Gasteiger partial charge on any atom is -0.480 e. The molecule has 0 aromatic carbocycles. The Morgan fingerprint density at radius 3 is 2.50 bits per heavy atom. The molecule has 0 rings (SSSR count). The van der Waals surface area contributed by atoms with Gasteiger partial charge in [-0.2, -0.15) is 0 Å². The molecule has 0 aliphatic carbocycles. The highest BCUT2D eigenvalue weighted by Crippen LogP contribution is 1.97. The Labute approximate surface area is 95.4 Å². The lowest BCUT2D eigenvalue weighted by atomic mass is 10.1. The van der Waals surface area contributed by atoms with E-state index in [2.05, 4.69) is 24.5 Å². The molecule has 0 aromatic heterocycles. The monoisotopic (exact) mass is 232 g/mol. The van der Waals surface area contributed by atoms with E-state index in [1.54, 1.807) is 0 Å². The Bertz CT molecular complexity index is 219. The van der Waals surface area contributed by atoms with Crippen LogP contribution >= 0.6 is 0 Å². The number of ether oxygens (including phenoxy) is 1. The van der Waals surface area contributed by atoms with Crippen molar-refractivity contribution in [3.63, 3.8) is 0 Å². The summed E-state index contributed by atoms with van der Waals surface area (Å²) in [7, 11) is 0. The highest BCUT2D eigenvalue weighted by molar-refractivity contribution is 5.79. The van der Waals surface area contributed by atoms with Gasteiger partial charge in [0.25, 0.3) is 0 Å². The average Bonchev–Trinajstić information content (AvgIpc) is 2.19. The van der Waals surface area contributed by atoms with Gasteiger partial charge in [0.05, 0.1) is 6.61 Å². The predicted molar refractivity (Wildman–Crippen MR) is 59.3 cm³/mol. The smallest absolute Gasteiger partial charge is 0.323 e. The van der Waals surface area contributed by atoms with E-state index in [0.29, 0.717) is 25.7 Å². The molecule has 0 unspecified atom stereocenters. The molecule has 0 atom stereocenters. The topological polar surface area (TPSA) is 87.7 Å². The second-order valence-electron chi connectivity index (χ2n) is 3.80. The number of carboxylic acids is 1. The Morgan fingerprint density at radius 1 is 1.25 bits per heavy atom. The molecule has 0 fully saturated rings. The maximum atomic E-state index is 10.9. The SMILES string of the molecule is CC(C)CCOCCNC(=O)NCC(=O)O. The third kappa shape index (κ3) is 10.8. The van der Waals surface area contributed by atoms with Gasteiger partial charge in [-0.25, -0.2) is 4.79 Å². The molecule has 0 bridgehead atoms. The van der Waals surface area contributed by atoms with Gasteiger partial charge < -0.3 is 20.5 Å². The molecule has 0 aliphatic heterocycles. The number of hydrogen-bond donors (Lipinski definition) is 3. The highest BCUT2D eigenvalue weighted by Gasteiger charge is 2.01. The van der Waals surface area contributed by atoms with E-state index < -0.39 is 12.0 Å². The van der Waals surface area contributed by atoms with Crippen molar-refractivity contribution in [3.05, 3.63) is 0 Å². The maximum Gasteiger partial charge on any atom is 0.323 e. The van der Waals surface area contributed by atoms with Crippen molar-refractivity contribution in [2.75, 3.05) is 26.3 Å². The summed E-state index contributed by atoms with van der Waals surface area (Å²) in [4.78, 5) is 21.1. The fourth-order valence-corrected chi connectivity index (χ4v) is 0.876. The van der Waals surface area contributed by atoms with Gasteiger partial charge in [0.2, 0.25) is 0 Å². The van der Waals surface area contributed by atoms with Gasteiger partial charge in [0.15, 0.2) is 0 Å². The van der Waals surface area contributed by atoms with Crippen LogP contribution in [0.3, 0.4) is 0 Å². The summed E-state index contributed by atoms with van der Waals surface area (Å²) in [6.45, 7) is 5.34. The van der Waals surface area contributed by atoms with Crippen LogP contribution in [0.15, 0.2) is 0 Å². The number of carbonyl (C=O) groups excluding carboxylic acids is 1. The van der Waals surface area contributed by atoms with Crippen LogP contribution in [0.25, 0.3) is 0 Å². The molecule has 0 aliphatic rings. The van der Waals surface area contributed by atoms with E-state index in [4.69, 9.17) is 9.84 Å². The first-order valence-corrected chi connectivity index (χ1v) is 5.33. The zero-order valence-electron chi connectivity index (χ0n) is 9.78. The molecule has 0 saturated heterocycles. The second-order valence-corrected chi connectivity index (χ2v) is 3.80. The standard InChI is InChI=1S/C10H20N2O4/c1-8(2)3-5-16-6-4-11-10(15)12-7-9(13)14/h8H,3-7H2,1-2H3,(H,13,14)(H2,11,12,15). The van der Waals surface area contributed by atoms with Crippen LogP contribution in [0.1, 0.15) is 20.3 Å². The predicted octanol–water partition coefficient (Wildman–Crippen LogP) is 0.433. The number of urea groups is 1. The largest absolute Gasteiger partial charge is 0.480 e. The molecular weight excluding hydrogens is 212 g/mol. The van der Waals surface area contributed by atoms with Gasteiger partial charge >= 0.3 is 12.0 Å². The Hall–Kier alpha value is -1.30. The molecule has 3 N–H and O–H groups in total. The van der Waals surface area contributed by atoms with Gasteiger partial charge in [-0.3, -0.25) is 4.79 Å². The first-order valence-electron chi connectivity index (χ1n) is 5.33. The third-order valence-corrected chi connectivity index (χ3v) is 1.77. The first kappa shape index (κ1) is 14.7. The third-order valence-electron chi connectivity index (χ3n) is 1.77. The van der Waals surface area contributed by atoms with Gasteiger partial charge in [-0.05, 0) is 12.3 Å². The summed E-state index contributed by atoms with van der Waals surface area (Å²) in [5.74, 6) is -0.463. The second kappa shape index (κ2) is 8.96. The molecule has 0 radical (unpaired) electrons. The fraction of sp³-hybridized carbons (Fsp3) is 0.800. The van der Waals surface area contributed by atoms with E-state index >= 15 is 0 Å². The van der Waals surface area contributed by atoms with Gasteiger partial charge in [-0.1, -0.05) is 13.8 Å². The fourth-order valence-electron chi connectivity index (χ4n) is 0.876. The summed E-state index contributed by atoms with van der Waals surface area (Å²) >= 11 is 0. The molecule has 6 nitrogen and oxygen atoms in total. The Balaban J connectivity index is 3.24. The zero-order valence-corrected chi connectivity index (χ0v) is 9.78. The van der Waals surface area contributed by atoms with E-state index in [9.17, 15) is 9.59 Å². The molecule has 0 spiro atoms. The Morgan fingerprint density at radius 2 is 1.94 bits per heavy atom. The first-order chi connectivity index (χ1) is 7.52. The number of nitrogens with one attached hydrogen (secondary N) is 2. The molecular formula is C10H20N2O4. The molecule has 0 heterocycles. The molecule has 94 valence electrons. The number of carboxylic acid groups (broad SMARTS) is 1. The number of aliphatic carboxylic acids is 1. The summed E-state index contributed by atoms with van der Waals surface area (Å²) in [5, 5.41) is 13.0. The highest BCUT2D eigenvalue weighted by atomic mass is 16.5. The normalized spacial score (nSPS) is 10.2. The van der Waals surface area contributed by atoms with E-state index in [-0.39, 0.29) is 6.54 Å². The number of rotatable bonds is 8. The summed E-state index contributed by atoms with van der Waals surface area (Å²) in [6, 6.07) is -0.491. The van der Waals surface area contributed by atoms with Crippen LogP contribution in [0.4, 0.5) is 4.79 Å². The van der Waals surface area contributed by atoms with E-state index in [1.165, 1.54) is 0 Å². The molecule has 2 amide bonds. The van der Waals surface area contributed by atoms with Crippen molar-refractivity contribution in [1.82, 2.24) is 10.6 Å². The minimum atomic E-state index is -1.07. The van der Waals surface area contributed by atoms with E-state index in [1.807, 2.05) is 0 Å². The van der Waals surface area contributed by atoms with Crippen molar-refractivity contribution >= 4 is 12.0 Å². The minimum absolute atomic E-state index is 0.375. The van der Waals surface area contributed by atoms with Crippen molar-refractivity contribution in [2.45, 2.75) is 20.3 Å². The quantitative estimate of drug-likeness (QED) is 0.530. The number of hydrogen-bond acceptors (Lipinski definition) is 3. The molecule has 0 aromatic rings. The van der Waals surface area contributed by atoms with Gasteiger partial charge in [0, 0.05) is 13.2 Å². The van der Waals surface area contributed by atoms with Crippen LogP contribution in [-0.2, 0) is 9.53 Å². The number of carbonyl (C=O) groups is 2. The van der Waals surface area contributed by atoms with Crippen LogP contribution in [0.5, 0.6) is 0 Å². The molecule has 16 heavy (non-hydrogen) atoms. The lowest BCUT2D eigenvalue weighted by Gasteiger charge is -2.07. The lowest BCUT2D eigenvalue weighted by molar-refractivity contribution is -0.135. The molecule has 0 saturated carbocycles. The van der Waals surface area contributed by atoms with Crippen LogP contribution < -0.4 is 10.6 Å². The van der Waals surface area contributed by atoms with Crippen LogP contribution in [0.2, 0.25) is 0 Å². The zero-order chi connectivity index (χ0) is 12.4. The maximum absolute atomic E-state index is 10.9. The summed E-state index contributed by atoms with van der Waals surface area (Å²) in [5.41, 5.74) is 0. The Kier molecular flexibility index (Phi) is 8.24. The number of amides is 2. The van der Waals surface area contributed by atoms with Crippen molar-refractivity contribution in [2.24, 2.45) is 5.92 Å². The van der Waals surface area contributed by atoms with Crippen molar-refractivity contribution in [3.8, 4) is 0 Å². The lowest BCUT2D eigenvalue weighted by Crippen LogP contribution is -2.39. The van der Waals surface area contributed by atoms with Crippen LogP contribution in [0, 0.1) is 5.92 Å². The van der Waals surface area contributed by atoms with E-state index in [0.717, 1.165) is 6.42 Å². The van der Waals surface area contributed by atoms with Gasteiger partial charge in [0.1, 0.15) is 6.54 Å². The summed E-state index contributed by atoms with van der Waals surface area (Å²) in [6.07, 6.45) is 0.991. The summed E-state index contributed by atoms with van der Waals surface area (Å²) < 4.78 is 5.26. The molecule has 6 heteroatoms. The van der Waals surface area contributed by atoms with Crippen molar-refractivity contribution in [1.29, 1.82) is 0 Å².